The Bertz CT molecular complexity index is 256. The third-order valence-electron chi connectivity index (χ3n) is 1.49. The molecule has 72 valence electrons. The minimum absolute atomic E-state index is 1.09. The second kappa shape index (κ2) is 7.35. The first-order chi connectivity index (χ1) is 6.34. The summed E-state index contributed by atoms with van der Waals surface area (Å²) in [5.74, 6) is 0. The predicted octanol–water partition coefficient (Wildman–Crippen LogP) is 3.00. The Balaban J connectivity index is 0.000000671. The lowest BCUT2D eigenvalue weighted by Gasteiger charge is -1.95. The molecule has 13 heavy (non-hydrogen) atoms. The van der Waals surface area contributed by atoms with Crippen LogP contribution in [0.1, 0.15) is 25.0 Å². The van der Waals surface area contributed by atoms with E-state index in [0.29, 0.717) is 0 Å². The van der Waals surface area contributed by atoms with Crippen LogP contribution in [0.25, 0.3) is 0 Å². The van der Waals surface area contributed by atoms with Crippen molar-refractivity contribution in [1.82, 2.24) is 0 Å². The summed E-state index contributed by atoms with van der Waals surface area (Å²) in [6.45, 7) is 6.04. The first kappa shape index (κ1) is 11.7. The van der Waals surface area contributed by atoms with Crippen LogP contribution in [-0.2, 0) is 4.84 Å². The highest BCUT2D eigenvalue weighted by molar-refractivity contribution is 5.80. The van der Waals surface area contributed by atoms with Gasteiger partial charge in [-0.3, -0.25) is 0 Å². The predicted molar refractivity (Wildman–Crippen MR) is 57.1 cm³/mol. The zero-order chi connectivity index (χ0) is 10.1. The summed E-state index contributed by atoms with van der Waals surface area (Å²) in [6, 6.07) is 8.01. The van der Waals surface area contributed by atoms with E-state index < -0.39 is 0 Å². The standard InChI is InChI=1S/C9H11NO.C2H6/c1-8-5-3-4-6-9(8)7-10-11-2;1-2/h3-7H,1-2H3;1-2H3. The molecule has 0 N–H and O–H groups in total. The topological polar surface area (TPSA) is 21.6 Å². The fourth-order valence-corrected chi connectivity index (χ4v) is 0.841. The molecule has 0 bridgehead atoms. The van der Waals surface area contributed by atoms with Crippen molar-refractivity contribution >= 4 is 6.21 Å². The average molecular weight is 179 g/mol. The lowest BCUT2D eigenvalue weighted by atomic mass is 10.1. The van der Waals surface area contributed by atoms with Gasteiger partial charge in [-0.1, -0.05) is 43.3 Å². The van der Waals surface area contributed by atoms with Crippen LogP contribution in [-0.4, -0.2) is 13.3 Å². The number of oxime groups is 1. The highest BCUT2D eigenvalue weighted by atomic mass is 16.6. The van der Waals surface area contributed by atoms with E-state index in [-0.39, 0.29) is 0 Å². The Morgan fingerprint density at radius 2 is 1.85 bits per heavy atom. The average Bonchev–Trinajstić information content (AvgIpc) is 2.20. The van der Waals surface area contributed by atoms with Gasteiger partial charge in [0.1, 0.15) is 7.11 Å². The molecule has 1 aromatic carbocycles. The molecule has 0 aliphatic heterocycles. The summed E-state index contributed by atoms with van der Waals surface area (Å²) in [5.41, 5.74) is 2.29. The molecule has 0 aliphatic rings. The third kappa shape index (κ3) is 4.31. The van der Waals surface area contributed by atoms with Crippen LogP contribution in [0, 0.1) is 6.92 Å². The molecule has 0 fully saturated rings. The molecule has 1 rings (SSSR count). The molecule has 1 aromatic rings. The van der Waals surface area contributed by atoms with Gasteiger partial charge in [-0.05, 0) is 18.1 Å². The van der Waals surface area contributed by atoms with Gasteiger partial charge in [0, 0.05) is 0 Å². The number of aryl methyl sites for hydroxylation is 1. The molecule has 0 heterocycles. The minimum Gasteiger partial charge on any atom is -0.399 e. The van der Waals surface area contributed by atoms with Crippen molar-refractivity contribution in [2.45, 2.75) is 20.8 Å². The second-order valence-electron chi connectivity index (χ2n) is 2.27. The fourth-order valence-electron chi connectivity index (χ4n) is 0.841. The van der Waals surface area contributed by atoms with Crippen LogP contribution >= 0.6 is 0 Å². The zero-order valence-corrected chi connectivity index (χ0v) is 8.74. The van der Waals surface area contributed by atoms with E-state index in [9.17, 15) is 0 Å². The quantitative estimate of drug-likeness (QED) is 0.505. The summed E-state index contributed by atoms with van der Waals surface area (Å²) >= 11 is 0. The van der Waals surface area contributed by atoms with E-state index in [2.05, 4.69) is 9.99 Å². The molecule has 2 nitrogen and oxygen atoms in total. The van der Waals surface area contributed by atoms with Crippen LogP contribution in [0.5, 0.6) is 0 Å². The summed E-state index contributed by atoms with van der Waals surface area (Å²) in [5, 5.41) is 3.68. The monoisotopic (exact) mass is 179 g/mol. The van der Waals surface area contributed by atoms with Crippen molar-refractivity contribution in [3.05, 3.63) is 35.4 Å². The lowest BCUT2D eigenvalue weighted by Crippen LogP contribution is -1.85. The maximum atomic E-state index is 4.57. The van der Waals surface area contributed by atoms with Gasteiger partial charge in [-0.2, -0.15) is 0 Å². The fraction of sp³-hybridized carbons (Fsp3) is 0.364. The lowest BCUT2D eigenvalue weighted by molar-refractivity contribution is 0.215. The third-order valence-corrected chi connectivity index (χ3v) is 1.49. The van der Waals surface area contributed by atoms with Crippen molar-refractivity contribution in [1.29, 1.82) is 0 Å². The summed E-state index contributed by atoms with van der Waals surface area (Å²) in [7, 11) is 1.54. The highest BCUT2D eigenvalue weighted by Crippen LogP contribution is 2.03. The van der Waals surface area contributed by atoms with Crippen molar-refractivity contribution in [3.8, 4) is 0 Å². The van der Waals surface area contributed by atoms with E-state index >= 15 is 0 Å². The molecule has 0 radical (unpaired) electrons. The maximum absolute atomic E-state index is 4.57. The number of nitrogens with zero attached hydrogens (tertiary/aromatic N) is 1. The molecule has 0 saturated heterocycles. The number of rotatable bonds is 2. The van der Waals surface area contributed by atoms with Gasteiger partial charge in [-0.25, -0.2) is 0 Å². The molecule has 0 unspecified atom stereocenters. The summed E-state index contributed by atoms with van der Waals surface area (Å²) in [6.07, 6.45) is 1.70. The van der Waals surface area contributed by atoms with E-state index in [1.54, 1.807) is 6.21 Å². The van der Waals surface area contributed by atoms with Crippen LogP contribution in [0.3, 0.4) is 0 Å². The van der Waals surface area contributed by atoms with Gasteiger partial charge in [0.2, 0.25) is 0 Å². The summed E-state index contributed by atoms with van der Waals surface area (Å²) < 4.78 is 0. The smallest absolute Gasteiger partial charge is 0.106 e. The SMILES string of the molecule is CC.CON=Cc1ccccc1C. The van der Waals surface area contributed by atoms with Crippen molar-refractivity contribution in [3.63, 3.8) is 0 Å². The highest BCUT2D eigenvalue weighted by Gasteiger charge is 1.90. The van der Waals surface area contributed by atoms with Gasteiger partial charge in [0.05, 0.1) is 6.21 Å². The van der Waals surface area contributed by atoms with Crippen molar-refractivity contribution < 1.29 is 4.84 Å². The molecule has 0 spiro atoms. The molecule has 0 aromatic heterocycles. The van der Waals surface area contributed by atoms with Crippen LogP contribution < -0.4 is 0 Å². The molecule has 0 saturated carbocycles. The van der Waals surface area contributed by atoms with Crippen LogP contribution in [0.15, 0.2) is 29.4 Å². The number of hydrogen-bond donors (Lipinski definition) is 0. The molecular weight excluding hydrogens is 162 g/mol. The molecule has 0 amide bonds. The van der Waals surface area contributed by atoms with E-state index in [1.807, 2.05) is 45.0 Å². The molecule has 0 atom stereocenters. The second-order valence-corrected chi connectivity index (χ2v) is 2.27. The zero-order valence-electron chi connectivity index (χ0n) is 8.74. The summed E-state index contributed by atoms with van der Waals surface area (Å²) in [4.78, 5) is 4.57. The first-order valence-corrected chi connectivity index (χ1v) is 4.47. The Labute approximate surface area is 80.2 Å². The normalized spacial score (nSPS) is 9.23. The Kier molecular flexibility index (Phi) is 6.60. The molecular formula is C11H17NO. The Hall–Kier alpha value is -1.31. The van der Waals surface area contributed by atoms with Gasteiger partial charge >= 0.3 is 0 Å². The van der Waals surface area contributed by atoms with Crippen LogP contribution in [0.4, 0.5) is 0 Å². The van der Waals surface area contributed by atoms with Gasteiger partial charge in [-0.15, -0.1) is 0 Å². The van der Waals surface area contributed by atoms with E-state index in [4.69, 9.17) is 0 Å². The Morgan fingerprint density at radius 1 is 1.23 bits per heavy atom. The van der Waals surface area contributed by atoms with Gasteiger partial charge in [0.15, 0.2) is 0 Å². The minimum atomic E-state index is 1.09. The van der Waals surface area contributed by atoms with Crippen LogP contribution in [0.2, 0.25) is 0 Å². The van der Waals surface area contributed by atoms with Crippen molar-refractivity contribution in [2.75, 3.05) is 7.11 Å². The van der Waals surface area contributed by atoms with E-state index in [0.717, 1.165) is 5.56 Å². The first-order valence-electron chi connectivity index (χ1n) is 4.47. The van der Waals surface area contributed by atoms with E-state index in [1.165, 1.54) is 12.7 Å². The number of hydrogen-bond acceptors (Lipinski definition) is 2. The molecule has 2 heteroatoms. The van der Waals surface area contributed by atoms with Gasteiger partial charge < -0.3 is 4.84 Å². The molecule has 0 aliphatic carbocycles. The van der Waals surface area contributed by atoms with Gasteiger partial charge in [0.25, 0.3) is 0 Å². The largest absolute Gasteiger partial charge is 0.399 e. The van der Waals surface area contributed by atoms with Crippen molar-refractivity contribution in [2.24, 2.45) is 5.16 Å². The maximum Gasteiger partial charge on any atom is 0.106 e. The Morgan fingerprint density at radius 3 is 2.38 bits per heavy atom. The number of benzene rings is 1.